The maximum atomic E-state index is 5.93. The highest BCUT2D eigenvalue weighted by atomic mass is 35.5. The van der Waals surface area contributed by atoms with Crippen molar-refractivity contribution in [3.63, 3.8) is 0 Å². The van der Waals surface area contributed by atoms with E-state index in [0.717, 1.165) is 48.5 Å². The van der Waals surface area contributed by atoms with Crippen molar-refractivity contribution in [3.8, 4) is 5.75 Å². The van der Waals surface area contributed by atoms with E-state index in [2.05, 4.69) is 66.6 Å². The predicted octanol–water partition coefficient (Wildman–Crippen LogP) is 6.46. The first-order chi connectivity index (χ1) is 15.6. The van der Waals surface area contributed by atoms with Gasteiger partial charge in [-0.1, -0.05) is 54.9 Å². The number of hydrogen-bond donors (Lipinski definition) is 2. The molecule has 1 heterocycles. The fourth-order valence-corrected chi connectivity index (χ4v) is 4.02. The van der Waals surface area contributed by atoms with Gasteiger partial charge in [-0.25, -0.2) is 4.98 Å². The first-order valence-corrected chi connectivity index (χ1v) is 11.6. The minimum atomic E-state index is 0.398. The van der Waals surface area contributed by atoms with Gasteiger partial charge in [0, 0.05) is 11.6 Å². The van der Waals surface area contributed by atoms with Crippen LogP contribution < -0.4 is 10.1 Å². The van der Waals surface area contributed by atoms with Gasteiger partial charge >= 0.3 is 0 Å². The van der Waals surface area contributed by atoms with Crippen LogP contribution in [0.25, 0.3) is 11.0 Å². The summed E-state index contributed by atoms with van der Waals surface area (Å²) in [5.74, 6) is 2.21. The number of aromatic nitrogens is 2. The Morgan fingerprint density at radius 1 is 1.03 bits per heavy atom. The Bertz CT molecular complexity index is 1140. The third-order valence-corrected chi connectivity index (χ3v) is 6.08. The second kappa shape index (κ2) is 10.7. The standard InChI is InChI=1S/C27H30ClN3O/c1-19(16-29-17-21-6-4-3-5-7-21)8-9-22-10-15-25-27(20(22)2)31-26(30-25)18-32-24-13-11-23(28)12-14-24/h3-7,10-15,19,29H,8-9,16-18H2,1-2H3,(H,30,31). The van der Waals surface area contributed by atoms with Gasteiger partial charge in [0.05, 0.1) is 11.0 Å². The Morgan fingerprint density at radius 2 is 1.81 bits per heavy atom. The fourth-order valence-electron chi connectivity index (χ4n) is 3.89. The van der Waals surface area contributed by atoms with Crippen LogP contribution in [0.3, 0.4) is 0 Å². The molecule has 1 aromatic heterocycles. The normalized spacial score (nSPS) is 12.2. The summed E-state index contributed by atoms with van der Waals surface area (Å²) < 4.78 is 5.84. The molecule has 0 amide bonds. The predicted molar refractivity (Wildman–Crippen MR) is 132 cm³/mol. The molecule has 0 aliphatic carbocycles. The second-order valence-electron chi connectivity index (χ2n) is 8.43. The Labute approximate surface area is 195 Å². The van der Waals surface area contributed by atoms with E-state index in [1.54, 1.807) is 0 Å². The van der Waals surface area contributed by atoms with Gasteiger partial charge in [0.1, 0.15) is 18.2 Å². The van der Waals surface area contributed by atoms with Crippen LogP contribution in [0.2, 0.25) is 5.02 Å². The molecule has 0 bridgehead atoms. The van der Waals surface area contributed by atoms with Gasteiger partial charge in [0.2, 0.25) is 0 Å². The van der Waals surface area contributed by atoms with E-state index in [-0.39, 0.29) is 0 Å². The number of H-pyrrole nitrogens is 1. The van der Waals surface area contributed by atoms with Gasteiger partial charge in [-0.05, 0) is 79.3 Å². The summed E-state index contributed by atoms with van der Waals surface area (Å²) in [6, 6.07) is 22.3. The van der Waals surface area contributed by atoms with Crippen molar-refractivity contribution in [1.82, 2.24) is 15.3 Å². The number of rotatable bonds is 10. The summed E-state index contributed by atoms with van der Waals surface area (Å²) in [5, 5.41) is 4.28. The summed E-state index contributed by atoms with van der Waals surface area (Å²) in [7, 11) is 0. The molecule has 5 heteroatoms. The van der Waals surface area contributed by atoms with Gasteiger partial charge < -0.3 is 15.0 Å². The molecule has 4 nitrogen and oxygen atoms in total. The Morgan fingerprint density at radius 3 is 2.59 bits per heavy atom. The van der Waals surface area contributed by atoms with Crippen LogP contribution in [0.5, 0.6) is 5.75 Å². The van der Waals surface area contributed by atoms with Gasteiger partial charge in [-0.3, -0.25) is 0 Å². The highest BCUT2D eigenvalue weighted by Gasteiger charge is 2.11. The molecule has 3 aromatic carbocycles. The lowest BCUT2D eigenvalue weighted by Gasteiger charge is -2.14. The number of imidazole rings is 1. The first kappa shape index (κ1) is 22.4. The molecule has 4 rings (SSSR count). The summed E-state index contributed by atoms with van der Waals surface area (Å²) in [6.45, 7) is 6.82. The Hall–Kier alpha value is -2.82. The number of nitrogens with one attached hydrogen (secondary N) is 2. The zero-order chi connectivity index (χ0) is 22.3. The topological polar surface area (TPSA) is 49.9 Å². The largest absolute Gasteiger partial charge is 0.486 e. The van der Waals surface area contributed by atoms with Crippen molar-refractivity contribution in [1.29, 1.82) is 0 Å². The van der Waals surface area contributed by atoms with E-state index in [4.69, 9.17) is 21.3 Å². The molecule has 0 spiro atoms. The number of fused-ring (bicyclic) bond motifs is 1. The number of benzene rings is 3. The Kier molecular flexibility index (Phi) is 7.46. The summed E-state index contributed by atoms with van der Waals surface area (Å²) in [4.78, 5) is 8.18. The lowest BCUT2D eigenvalue weighted by atomic mass is 9.97. The second-order valence-corrected chi connectivity index (χ2v) is 8.87. The molecule has 0 saturated heterocycles. The van der Waals surface area contributed by atoms with E-state index in [0.29, 0.717) is 17.5 Å². The van der Waals surface area contributed by atoms with Crippen LogP contribution in [0.1, 0.15) is 35.9 Å². The van der Waals surface area contributed by atoms with Gasteiger partial charge in [0.25, 0.3) is 0 Å². The van der Waals surface area contributed by atoms with Crippen molar-refractivity contribution in [3.05, 3.63) is 94.3 Å². The van der Waals surface area contributed by atoms with E-state index in [1.165, 1.54) is 16.7 Å². The molecule has 2 N–H and O–H groups in total. The SMILES string of the molecule is Cc1c(CCC(C)CNCc2ccccc2)ccc2[nH]c(COc3ccc(Cl)cc3)nc12. The van der Waals surface area contributed by atoms with Crippen LogP contribution in [0.15, 0.2) is 66.7 Å². The van der Waals surface area contributed by atoms with Crippen LogP contribution in [0.4, 0.5) is 0 Å². The van der Waals surface area contributed by atoms with Crippen LogP contribution >= 0.6 is 11.6 Å². The molecule has 0 aliphatic rings. The molecule has 1 atom stereocenters. The monoisotopic (exact) mass is 447 g/mol. The van der Waals surface area contributed by atoms with E-state index in [1.807, 2.05) is 24.3 Å². The van der Waals surface area contributed by atoms with Crippen molar-refractivity contribution < 1.29 is 4.74 Å². The van der Waals surface area contributed by atoms with Crippen molar-refractivity contribution in [2.75, 3.05) is 6.54 Å². The molecular formula is C27H30ClN3O. The number of aryl methyl sites for hydroxylation is 2. The Balaban J connectivity index is 1.31. The molecule has 0 aliphatic heterocycles. The van der Waals surface area contributed by atoms with Gasteiger partial charge in [0.15, 0.2) is 0 Å². The molecule has 0 radical (unpaired) electrons. The van der Waals surface area contributed by atoms with Gasteiger partial charge in [-0.2, -0.15) is 0 Å². The van der Waals surface area contributed by atoms with Crippen molar-refractivity contribution in [2.24, 2.45) is 5.92 Å². The van der Waals surface area contributed by atoms with E-state index in [9.17, 15) is 0 Å². The molecule has 166 valence electrons. The molecular weight excluding hydrogens is 418 g/mol. The highest BCUT2D eigenvalue weighted by molar-refractivity contribution is 6.30. The third-order valence-electron chi connectivity index (χ3n) is 5.83. The number of aromatic amines is 1. The van der Waals surface area contributed by atoms with Crippen LogP contribution in [-0.2, 0) is 19.6 Å². The van der Waals surface area contributed by atoms with Crippen LogP contribution in [-0.4, -0.2) is 16.5 Å². The number of nitrogens with zero attached hydrogens (tertiary/aromatic N) is 1. The molecule has 0 saturated carbocycles. The lowest BCUT2D eigenvalue weighted by Crippen LogP contribution is -2.21. The minimum absolute atomic E-state index is 0.398. The van der Waals surface area contributed by atoms with E-state index >= 15 is 0 Å². The summed E-state index contributed by atoms with van der Waals surface area (Å²) >= 11 is 5.93. The minimum Gasteiger partial charge on any atom is -0.486 e. The zero-order valence-corrected chi connectivity index (χ0v) is 19.5. The van der Waals surface area contributed by atoms with Crippen molar-refractivity contribution >= 4 is 22.6 Å². The van der Waals surface area contributed by atoms with Crippen molar-refractivity contribution in [2.45, 2.75) is 39.8 Å². The average Bonchev–Trinajstić information content (AvgIpc) is 3.23. The fraction of sp³-hybridized carbons (Fsp3) is 0.296. The molecule has 0 fully saturated rings. The maximum absolute atomic E-state index is 5.93. The summed E-state index contributed by atoms with van der Waals surface area (Å²) in [6.07, 6.45) is 2.20. The molecule has 32 heavy (non-hydrogen) atoms. The quantitative estimate of drug-likeness (QED) is 0.293. The smallest absolute Gasteiger partial charge is 0.146 e. The lowest BCUT2D eigenvalue weighted by molar-refractivity contribution is 0.297. The van der Waals surface area contributed by atoms with Gasteiger partial charge in [-0.15, -0.1) is 0 Å². The molecule has 1 unspecified atom stereocenters. The number of ether oxygens (including phenoxy) is 1. The summed E-state index contributed by atoms with van der Waals surface area (Å²) in [5.41, 5.74) is 6.03. The zero-order valence-electron chi connectivity index (χ0n) is 18.7. The van der Waals surface area contributed by atoms with Crippen LogP contribution in [0, 0.1) is 12.8 Å². The maximum Gasteiger partial charge on any atom is 0.146 e. The first-order valence-electron chi connectivity index (χ1n) is 11.2. The molecule has 4 aromatic rings. The number of halogens is 1. The third kappa shape index (κ3) is 5.90. The highest BCUT2D eigenvalue weighted by Crippen LogP contribution is 2.23. The van der Waals surface area contributed by atoms with E-state index < -0.39 is 0 Å². The average molecular weight is 448 g/mol. The number of hydrogen-bond acceptors (Lipinski definition) is 3.